The molecule has 12 heavy (non-hydrogen) atoms. The van der Waals surface area contributed by atoms with Gasteiger partial charge in [-0.3, -0.25) is 0 Å². The standard InChI is InChI=1S/C9H7IN2/c10-12-9(6-7-11-12)8-4-2-1-3-5-8/h1-7H. The first kappa shape index (κ1) is 7.79. The molecule has 1 heterocycles. The molecule has 3 heteroatoms. The van der Waals surface area contributed by atoms with E-state index in [2.05, 4.69) is 40.1 Å². The molecular formula is C9H7IN2. The Morgan fingerprint density at radius 2 is 1.83 bits per heavy atom. The minimum atomic E-state index is 1.14. The molecule has 0 aliphatic rings. The molecule has 0 bridgehead atoms. The van der Waals surface area contributed by atoms with E-state index in [0.29, 0.717) is 0 Å². The molecule has 0 unspecified atom stereocenters. The van der Waals surface area contributed by atoms with Crippen molar-refractivity contribution in [3.05, 3.63) is 42.6 Å². The maximum atomic E-state index is 4.10. The van der Waals surface area contributed by atoms with Crippen molar-refractivity contribution in [1.29, 1.82) is 0 Å². The van der Waals surface area contributed by atoms with Crippen molar-refractivity contribution in [2.24, 2.45) is 0 Å². The normalized spacial score (nSPS) is 10.1. The quantitative estimate of drug-likeness (QED) is 0.728. The van der Waals surface area contributed by atoms with Crippen molar-refractivity contribution < 1.29 is 0 Å². The summed E-state index contributed by atoms with van der Waals surface area (Å²) in [5.41, 5.74) is 2.33. The van der Waals surface area contributed by atoms with Gasteiger partial charge in [-0.05, 0) is 6.07 Å². The van der Waals surface area contributed by atoms with Gasteiger partial charge in [0.05, 0.1) is 34.8 Å². The lowest BCUT2D eigenvalue weighted by Crippen LogP contribution is -1.84. The Hall–Kier alpha value is -0.840. The van der Waals surface area contributed by atoms with E-state index in [4.69, 9.17) is 0 Å². The van der Waals surface area contributed by atoms with Gasteiger partial charge >= 0.3 is 0 Å². The van der Waals surface area contributed by atoms with Crippen LogP contribution >= 0.6 is 22.9 Å². The fourth-order valence-corrected chi connectivity index (χ4v) is 1.68. The average molecular weight is 270 g/mol. The summed E-state index contributed by atoms with van der Waals surface area (Å²) < 4.78 is 1.84. The summed E-state index contributed by atoms with van der Waals surface area (Å²) in [6.07, 6.45) is 1.80. The zero-order chi connectivity index (χ0) is 8.39. The molecule has 0 aliphatic heterocycles. The number of hydrogen-bond acceptors (Lipinski definition) is 1. The minimum Gasteiger partial charge on any atom is -0.204 e. The highest BCUT2D eigenvalue weighted by molar-refractivity contribution is 14.1. The molecule has 0 saturated heterocycles. The summed E-state index contributed by atoms with van der Waals surface area (Å²) in [6, 6.07) is 12.2. The molecule has 0 saturated carbocycles. The third kappa shape index (κ3) is 1.36. The van der Waals surface area contributed by atoms with Crippen LogP contribution in [-0.2, 0) is 0 Å². The third-order valence-electron chi connectivity index (χ3n) is 1.67. The van der Waals surface area contributed by atoms with Crippen LogP contribution in [-0.4, -0.2) is 7.99 Å². The summed E-state index contributed by atoms with van der Waals surface area (Å²) >= 11 is 2.16. The van der Waals surface area contributed by atoms with Crippen LogP contribution in [0.1, 0.15) is 0 Å². The van der Waals surface area contributed by atoms with E-state index in [9.17, 15) is 0 Å². The number of benzene rings is 1. The van der Waals surface area contributed by atoms with E-state index < -0.39 is 0 Å². The Morgan fingerprint density at radius 3 is 2.42 bits per heavy atom. The van der Waals surface area contributed by atoms with Gasteiger partial charge in [0.15, 0.2) is 0 Å². The number of aromatic nitrogens is 2. The SMILES string of the molecule is In1nccc1-c1ccccc1. The molecule has 60 valence electrons. The first-order chi connectivity index (χ1) is 5.88. The summed E-state index contributed by atoms with van der Waals surface area (Å²) in [5, 5.41) is 4.10. The summed E-state index contributed by atoms with van der Waals surface area (Å²) in [6.45, 7) is 0. The van der Waals surface area contributed by atoms with Crippen molar-refractivity contribution in [1.82, 2.24) is 7.99 Å². The summed E-state index contributed by atoms with van der Waals surface area (Å²) in [7, 11) is 0. The molecule has 0 atom stereocenters. The van der Waals surface area contributed by atoms with Crippen LogP contribution in [0.15, 0.2) is 42.6 Å². The molecule has 0 spiro atoms. The molecule has 2 aromatic rings. The van der Waals surface area contributed by atoms with Crippen LogP contribution in [0.3, 0.4) is 0 Å². The minimum absolute atomic E-state index is 1.14. The van der Waals surface area contributed by atoms with Crippen LogP contribution < -0.4 is 0 Å². The Morgan fingerprint density at radius 1 is 1.08 bits per heavy atom. The van der Waals surface area contributed by atoms with E-state index in [1.165, 1.54) is 5.56 Å². The van der Waals surface area contributed by atoms with Crippen LogP contribution in [0, 0.1) is 0 Å². The Balaban J connectivity index is 2.51. The lowest BCUT2D eigenvalue weighted by Gasteiger charge is -1.98. The number of rotatable bonds is 1. The van der Waals surface area contributed by atoms with Crippen molar-refractivity contribution in [3.8, 4) is 11.3 Å². The predicted octanol–water partition coefficient (Wildman–Crippen LogP) is 2.75. The van der Waals surface area contributed by atoms with Gasteiger partial charge in [0.2, 0.25) is 0 Å². The predicted molar refractivity (Wildman–Crippen MR) is 57.1 cm³/mol. The summed E-state index contributed by atoms with van der Waals surface area (Å²) in [4.78, 5) is 0. The molecule has 0 fully saturated rings. The molecule has 0 N–H and O–H groups in total. The molecule has 1 aromatic heterocycles. The number of halogens is 1. The maximum Gasteiger partial charge on any atom is 0.0851 e. The van der Waals surface area contributed by atoms with Crippen LogP contribution in [0.4, 0.5) is 0 Å². The number of hydrogen-bond donors (Lipinski definition) is 0. The second-order valence-electron chi connectivity index (χ2n) is 2.44. The first-order valence-electron chi connectivity index (χ1n) is 3.63. The van der Waals surface area contributed by atoms with E-state index in [-0.39, 0.29) is 0 Å². The molecular weight excluding hydrogens is 263 g/mol. The van der Waals surface area contributed by atoms with Crippen LogP contribution in [0.25, 0.3) is 11.3 Å². The largest absolute Gasteiger partial charge is 0.204 e. The highest BCUT2D eigenvalue weighted by Crippen LogP contribution is 2.19. The Bertz CT molecular complexity index is 367. The molecule has 0 radical (unpaired) electrons. The van der Waals surface area contributed by atoms with Gasteiger partial charge in [-0.1, -0.05) is 30.3 Å². The van der Waals surface area contributed by atoms with Gasteiger partial charge in [-0.15, -0.1) is 0 Å². The molecule has 0 aliphatic carbocycles. The lowest BCUT2D eigenvalue weighted by atomic mass is 10.2. The molecule has 1 aromatic carbocycles. The molecule has 2 rings (SSSR count). The van der Waals surface area contributed by atoms with Gasteiger partial charge in [0.25, 0.3) is 0 Å². The lowest BCUT2D eigenvalue weighted by molar-refractivity contribution is 1.06. The highest BCUT2D eigenvalue weighted by atomic mass is 127. The Labute approximate surface area is 84.7 Å². The topological polar surface area (TPSA) is 17.8 Å². The second kappa shape index (κ2) is 3.26. The third-order valence-corrected chi connectivity index (χ3v) is 2.44. The zero-order valence-corrected chi connectivity index (χ0v) is 8.47. The van der Waals surface area contributed by atoms with Crippen LogP contribution in [0.2, 0.25) is 0 Å². The first-order valence-corrected chi connectivity index (χ1v) is 4.60. The molecule has 2 nitrogen and oxygen atoms in total. The van der Waals surface area contributed by atoms with Gasteiger partial charge < -0.3 is 0 Å². The van der Waals surface area contributed by atoms with E-state index in [0.717, 1.165) is 5.69 Å². The zero-order valence-electron chi connectivity index (χ0n) is 6.31. The summed E-state index contributed by atoms with van der Waals surface area (Å²) in [5.74, 6) is 0. The highest BCUT2D eigenvalue weighted by Gasteiger charge is 2.00. The number of nitrogens with zero attached hydrogens (tertiary/aromatic N) is 2. The maximum absolute atomic E-state index is 4.10. The smallest absolute Gasteiger partial charge is 0.0851 e. The van der Waals surface area contributed by atoms with Gasteiger partial charge in [0.1, 0.15) is 0 Å². The van der Waals surface area contributed by atoms with Crippen LogP contribution in [0.5, 0.6) is 0 Å². The van der Waals surface area contributed by atoms with Crippen molar-refractivity contribution in [2.45, 2.75) is 0 Å². The Kier molecular flexibility index (Phi) is 2.12. The van der Waals surface area contributed by atoms with E-state index in [1.807, 2.05) is 27.2 Å². The monoisotopic (exact) mass is 270 g/mol. The van der Waals surface area contributed by atoms with Gasteiger partial charge in [-0.2, -0.15) is 5.10 Å². The van der Waals surface area contributed by atoms with Crippen molar-refractivity contribution in [2.75, 3.05) is 0 Å². The van der Waals surface area contributed by atoms with Crippen molar-refractivity contribution in [3.63, 3.8) is 0 Å². The van der Waals surface area contributed by atoms with Crippen molar-refractivity contribution >= 4 is 22.9 Å². The van der Waals surface area contributed by atoms with Gasteiger partial charge in [0, 0.05) is 5.56 Å². The molecule has 0 amide bonds. The fraction of sp³-hybridized carbons (Fsp3) is 0. The van der Waals surface area contributed by atoms with E-state index in [1.54, 1.807) is 6.20 Å². The van der Waals surface area contributed by atoms with E-state index >= 15 is 0 Å². The van der Waals surface area contributed by atoms with Gasteiger partial charge in [-0.25, -0.2) is 2.90 Å². The second-order valence-corrected chi connectivity index (χ2v) is 3.36. The average Bonchev–Trinajstić information content (AvgIpc) is 2.53. The fourth-order valence-electron chi connectivity index (χ4n) is 1.10.